The maximum absolute atomic E-state index is 13.3. The summed E-state index contributed by atoms with van der Waals surface area (Å²) in [6.45, 7) is 13.1. The lowest BCUT2D eigenvalue weighted by molar-refractivity contribution is -0.151. The molecule has 0 aliphatic carbocycles. The van der Waals surface area contributed by atoms with Gasteiger partial charge in [0, 0.05) is 25.2 Å². The van der Waals surface area contributed by atoms with Crippen molar-refractivity contribution in [3.8, 4) is 0 Å². The first-order valence-corrected chi connectivity index (χ1v) is 18.1. The SMILES string of the molecule is CC(/C=C/c1cccc(C(=O)OC2CCCC(=O)OC(C(C)C/C(C)=C/C(C)C(O)CC(C)O)C/C=C/CC2C)c1)=C\C(O)C(O)CC(C)O. The van der Waals surface area contributed by atoms with Crippen molar-refractivity contribution in [1.29, 1.82) is 0 Å². The summed E-state index contributed by atoms with van der Waals surface area (Å²) in [7, 11) is 0. The van der Waals surface area contributed by atoms with E-state index in [1.807, 2.05) is 38.1 Å². The summed E-state index contributed by atoms with van der Waals surface area (Å²) < 4.78 is 12.0. The van der Waals surface area contributed by atoms with Gasteiger partial charge in [-0.05, 0) is 89.3 Å². The van der Waals surface area contributed by atoms with Gasteiger partial charge in [-0.15, -0.1) is 0 Å². The number of benzene rings is 1. The molecule has 2 rings (SSSR count). The predicted octanol–water partition coefficient (Wildman–Crippen LogP) is 6.47. The van der Waals surface area contributed by atoms with Gasteiger partial charge >= 0.3 is 11.9 Å². The van der Waals surface area contributed by atoms with Crippen molar-refractivity contribution < 1.29 is 44.6 Å². The molecule has 10 unspecified atom stereocenters. The fraction of sp³-hybridized carbons (Fsp3) is 0.610. The summed E-state index contributed by atoms with van der Waals surface area (Å²) in [5, 5.41) is 49.6. The highest BCUT2D eigenvalue weighted by atomic mass is 16.5. The largest absolute Gasteiger partial charge is 0.462 e. The van der Waals surface area contributed by atoms with Crippen LogP contribution in [0.2, 0.25) is 0 Å². The molecular formula is C41H62O9. The zero-order chi connectivity index (χ0) is 37.4. The van der Waals surface area contributed by atoms with Gasteiger partial charge in [0.1, 0.15) is 12.2 Å². The minimum atomic E-state index is -1.11. The summed E-state index contributed by atoms with van der Waals surface area (Å²) in [6.07, 6.45) is 10.2. The lowest BCUT2D eigenvalue weighted by Crippen LogP contribution is -2.28. The maximum Gasteiger partial charge on any atom is 0.338 e. The van der Waals surface area contributed by atoms with E-state index in [0.717, 1.165) is 17.6 Å². The Morgan fingerprint density at radius 3 is 2.30 bits per heavy atom. The van der Waals surface area contributed by atoms with E-state index in [0.29, 0.717) is 43.2 Å². The van der Waals surface area contributed by atoms with Crippen LogP contribution in [-0.4, -0.2) is 80.2 Å². The molecule has 0 aromatic heterocycles. The van der Waals surface area contributed by atoms with E-state index < -0.39 is 36.5 Å². The standard InChI is InChI=1S/C41H62O9/c1-26(22-36(45)37(46)24-32(7)43)18-19-33-13-10-14-34(25-33)41(48)50-38-16-11-17-40(47)49-39(15-9-8-12-28(38)3)30(5)21-27(2)20-29(4)35(44)23-31(6)42/h8-10,13-14,18-20,22,25,28-32,35-39,42-46H,11-12,15-17,21,23-24H2,1-7H3/b9-8+,19-18+,26-22+,27-20+. The minimum Gasteiger partial charge on any atom is -0.462 e. The number of allylic oxidation sites excluding steroid dienone is 4. The number of aliphatic hydroxyl groups excluding tert-OH is 5. The highest BCUT2D eigenvalue weighted by molar-refractivity contribution is 5.90. The van der Waals surface area contributed by atoms with Gasteiger partial charge in [0.15, 0.2) is 0 Å². The molecule has 1 aliphatic rings. The minimum absolute atomic E-state index is 0.0349. The zero-order valence-electron chi connectivity index (χ0n) is 31.1. The Balaban J connectivity index is 2.04. The van der Waals surface area contributed by atoms with Gasteiger partial charge in [0.2, 0.25) is 0 Å². The van der Waals surface area contributed by atoms with Crippen LogP contribution in [0.25, 0.3) is 6.08 Å². The van der Waals surface area contributed by atoms with E-state index in [1.165, 1.54) is 6.08 Å². The molecule has 0 saturated carbocycles. The molecule has 50 heavy (non-hydrogen) atoms. The number of esters is 2. The summed E-state index contributed by atoms with van der Waals surface area (Å²) in [4.78, 5) is 26.2. The molecule has 0 amide bonds. The van der Waals surface area contributed by atoms with Crippen molar-refractivity contribution in [2.75, 3.05) is 0 Å². The first-order chi connectivity index (χ1) is 23.5. The molecule has 1 aromatic carbocycles. The smallest absolute Gasteiger partial charge is 0.338 e. The van der Waals surface area contributed by atoms with Gasteiger partial charge < -0.3 is 35.0 Å². The van der Waals surface area contributed by atoms with Crippen LogP contribution in [0.3, 0.4) is 0 Å². The van der Waals surface area contributed by atoms with E-state index >= 15 is 0 Å². The second kappa shape index (κ2) is 22.0. The number of rotatable bonds is 15. The second-order valence-corrected chi connectivity index (χ2v) is 14.5. The van der Waals surface area contributed by atoms with Gasteiger partial charge in [0.05, 0.1) is 36.1 Å². The lowest BCUT2D eigenvalue weighted by Gasteiger charge is -2.26. The highest BCUT2D eigenvalue weighted by Gasteiger charge is 2.26. The average molecular weight is 699 g/mol. The van der Waals surface area contributed by atoms with Crippen LogP contribution >= 0.6 is 0 Å². The monoisotopic (exact) mass is 698 g/mol. The molecule has 10 atom stereocenters. The van der Waals surface area contributed by atoms with Crippen LogP contribution < -0.4 is 0 Å². The number of aliphatic hydroxyl groups is 5. The van der Waals surface area contributed by atoms with Gasteiger partial charge in [-0.2, -0.15) is 0 Å². The van der Waals surface area contributed by atoms with Crippen molar-refractivity contribution in [1.82, 2.24) is 0 Å². The Labute approximate surface area is 299 Å². The summed E-state index contributed by atoms with van der Waals surface area (Å²) in [5.41, 5.74) is 2.99. The molecule has 1 heterocycles. The first-order valence-electron chi connectivity index (χ1n) is 18.1. The van der Waals surface area contributed by atoms with Crippen molar-refractivity contribution in [3.05, 3.63) is 76.9 Å². The predicted molar refractivity (Wildman–Crippen MR) is 197 cm³/mol. The number of carbonyl (C=O) groups excluding carboxylic acids is 2. The van der Waals surface area contributed by atoms with Crippen molar-refractivity contribution in [2.45, 2.75) is 143 Å². The highest BCUT2D eigenvalue weighted by Crippen LogP contribution is 2.26. The molecule has 0 saturated heterocycles. The fourth-order valence-electron chi connectivity index (χ4n) is 6.18. The molecule has 1 aliphatic heterocycles. The third-order valence-corrected chi connectivity index (χ3v) is 9.18. The molecule has 9 nitrogen and oxygen atoms in total. The molecule has 0 radical (unpaired) electrons. The van der Waals surface area contributed by atoms with Crippen LogP contribution in [0.15, 0.2) is 65.8 Å². The third-order valence-electron chi connectivity index (χ3n) is 9.18. The summed E-state index contributed by atoms with van der Waals surface area (Å²) in [5.74, 6) is -0.704. The van der Waals surface area contributed by atoms with E-state index in [-0.39, 0.29) is 48.8 Å². The normalized spacial score (nSPS) is 24.9. The Morgan fingerprint density at radius 2 is 1.62 bits per heavy atom. The topological polar surface area (TPSA) is 154 Å². The average Bonchev–Trinajstić information content (AvgIpc) is 3.03. The molecule has 0 bridgehead atoms. The fourth-order valence-corrected chi connectivity index (χ4v) is 6.18. The molecule has 0 spiro atoms. The van der Waals surface area contributed by atoms with Gasteiger partial charge in [-0.3, -0.25) is 4.79 Å². The van der Waals surface area contributed by atoms with Crippen LogP contribution in [0.4, 0.5) is 0 Å². The third kappa shape index (κ3) is 16.3. The van der Waals surface area contributed by atoms with Gasteiger partial charge in [-0.1, -0.05) is 80.5 Å². The number of cyclic esters (lactones) is 1. The lowest BCUT2D eigenvalue weighted by atomic mass is 9.90. The Morgan fingerprint density at radius 1 is 0.960 bits per heavy atom. The summed E-state index contributed by atoms with van der Waals surface area (Å²) >= 11 is 0. The van der Waals surface area contributed by atoms with E-state index in [2.05, 4.69) is 19.9 Å². The van der Waals surface area contributed by atoms with Gasteiger partial charge in [0.25, 0.3) is 0 Å². The zero-order valence-corrected chi connectivity index (χ0v) is 31.1. The van der Waals surface area contributed by atoms with E-state index in [1.54, 1.807) is 45.0 Å². The summed E-state index contributed by atoms with van der Waals surface area (Å²) in [6, 6.07) is 7.06. The number of carbonyl (C=O) groups is 2. The van der Waals surface area contributed by atoms with E-state index in [9.17, 15) is 35.1 Å². The molecule has 9 heteroatoms. The molecule has 5 N–H and O–H groups in total. The van der Waals surface area contributed by atoms with Crippen LogP contribution in [0.5, 0.6) is 0 Å². The number of hydrogen-bond acceptors (Lipinski definition) is 9. The maximum atomic E-state index is 13.3. The Bertz CT molecular complexity index is 1310. The first kappa shape index (κ1) is 43.1. The molecule has 0 fully saturated rings. The van der Waals surface area contributed by atoms with Crippen LogP contribution in [0, 0.1) is 17.8 Å². The van der Waals surface area contributed by atoms with Crippen LogP contribution in [0.1, 0.15) is 116 Å². The van der Waals surface area contributed by atoms with Crippen LogP contribution in [-0.2, 0) is 14.3 Å². The second-order valence-electron chi connectivity index (χ2n) is 14.5. The van der Waals surface area contributed by atoms with Crippen molar-refractivity contribution in [3.63, 3.8) is 0 Å². The molecular weight excluding hydrogens is 636 g/mol. The van der Waals surface area contributed by atoms with Gasteiger partial charge in [-0.25, -0.2) is 4.79 Å². The van der Waals surface area contributed by atoms with E-state index in [4.69, 9.17) is 9.47 Å². The number of ether oxygens (including phenoxy) is 2. The molecule has 280 valence electrons. The van der Waals surface area contributed by atoms with Crippen molar-refractivity contribution >= 4 is 18.0 Å². The number of hydrogen-bond donors (Lipinski definition) is 5. The molecule has 1 aromatic rings. The Hall–Kier alpha value is -3.08. The quantitative estimate of drug-likeness (QED) is 0.0788. The Kier molecular flexibility index (Phi) is 18.9. The van der Waals surface area contributed by atoms with Crippen molar-refractivity contribution in [2.24, 2.45) is 17.8 Å².